The van der Waals surface area contributed by atoms with Crippen LogP contribution >= 0.6 is 0 Å². The summed E-state index contributed by atoms with van der Waals surface area (Å²) in [6.45, 7) is 14.9. The molecule has 33 heavy (non-hydrogen) atoms. The molecule has 1 amide bonds. The predicted octanol–water partition coefficient (Wildman–Crippen LogP) is 5.35. The standard InChI is InChI=1S/C28H39NO3Si/c1-20-24-18-21(29(20)26(30)31-27(2,3)4)19-25(24)32-33(28(5,6)7,22-14-10-8-11-15-22)23-16-12-9-13-17-23/h8-17,20-21,24-25H,18-19H2,1-7H3/t20-,21+,24+,25-/m0/s1. The second kappa shape index (κ2) is 8.59. The molecular weight excluding hydrogens is 426 g/mol. The van der Waals surface area contributed by atoms with E-state index in [1.807, 2.05) is 25.7 Å². The third-order valence-electron chi connectivity index (χ3n) is 7.33. The monoisotopic (exact) mass is 465 g/mol. The first kappa shape index (κ1) is 24.0. The van der Waals surface area contributed by atoms with Gasteiger partial charge in [-0.15, -0.1) is 0 Å². The van der Waals surface area contributed by atoms with Crippen molar-refractivity contribution in [3.63, 3.8) is 0 Å². The number of rotatable bonds is 4. The minimum absolute atomic E-state index is 0.0500. The van der Waals surface area contributed by atoms with Crippen molar-refractivity contribution in [3.05, 3.63) is 60.7 Å². The fourth-order valence-corrected chi connectivity index (χ4v) is 10.7. The summed E-state index contributed by atoms with van der Waals surface area (Å²) in [4.78, 5) is 14.9. The van der Waals surface area contributed by atoms with Gasteiger partial charge in [0.1, 0.15) is 5.60 Å². The highest BCUT2D eigenvalue weighted by Gasteiger charge is 2.58. The molecule has 0 unspecified atom stereocenters. The van der Waals surface area contributed by atoms with E-state index >= 15 is 0 Å². The molecule has 4 atom stereocenters. The van der Waals surface area contributed by atoms with Gasteiger partial charge in [-0.3, -0.25) is 0 Å². The summed E-state index contributed by atoms with van der Waals surface area (Å²) < 4.78 is 13.2. The van der Waals surface area contributed by atoms with Crippen LogP contribution in [0.15, 0.2) is 60.7 Å². The number of hydrogen-bond acceptors (Lipinski definition) is 3. The Morgan fingerprint density at radius 1 is 0.879 bits per heavy atom. The quantitative estimate of drug-likeness (QED) is 0.572. The molecule has 2 aromatic carbocycles. The first-order valence-electron chi connectivity index (χ1n) is 12.2. The van der Waals surface area contributed by atoms with Crippen LogP contribution in [0.3, 0.4) is 0 Å². The third-order valence-corrected chi connectivity index (χ3v) is 12.4. The summed E-state index contributed by atoms with van der Waals surface area (Å²) in [6, 6.07) is 21.9. The van der Waals surface area contributed by atoms with Crippen molar-refractivity contribution in [1.82, 2.24) is 4.90 Å². The lowest BCUT2D eigenvalue weighted by Crippen LogP contribution is -2.68. The van der Waals surface area contributed by atoms with Crippen LogP contribution in [0.4, 0.5) is 4.79 Å². The van der Waals surface area contributed by atoms with Crippen LogP contribution in [-0.2, 0) is 9.16 Å². The topological polar surface area (TPSA) is 38.8 Å². The zero-order chi connectivity index (χ0) is 24.0. The van der Waals surface area contributed by atoms with Crippen molar-refractivity contribution in [2.24, 2.45) is 5.92 Å². The van der Waals surface area contributed by atoms with E-state index in [-0.39, 0.29) is 29.3 Å². The van der Waals surface area contributed by atoms with Gasteiger partial charge in [-0.1, -0.05) is 81.4 Å². The molecular formula is C28H39NO3Si. The molecule has 0 aromatic heterocycles. The number of carbonyl (C=O) groups excluding carboxylic acids is 1. The highest BCUT2D eigenvalue weighted by atomic mass is 28.4. The van der Waals surface area contributed by atoms with E-state index in [1.165, 1.54) is 10.4 Å². The maximum absolute atomic E-state index is 12.9. The number of ether oxygens (including phenoxy) is 1. The van der Waals surface area contributed by atoms with Gasteiger partial charge in [0, 0.05) is 18.0 Å². The molecule has 0 radical (unpaired) electrons. The molecule has 1 heterocycles. The van der Waals surface area contributed by atoms with Gasteiger partial charge in [-0.25, -0.2) is 4.79 Å². The number of fused-ring (bicyclic) bond motifs is 2. The average Bonchev–Trinajstić information content (AvgIpc) is 3.28. The third kappa shape index (κ3) is 4.38. The highest BCUT2D eigenvalue weighted by molar-refractivity contribution is 6.99. The summed E-state index contributed by atoms with van der Waals surface area (Å²) in [5.41, 5.74) is -0.483. The van der Waals surface area contributed by atoms with Crippen LogP contribution in [-0.4, -0.2) is 43.1 Å². The summed E-state index contributed by atoms with van der Waals surface area (Å²) in [7, 11) is -2.60. The van der Waals surface area contributed by atoms with Crippen molar-refractivity contribution in [2.75, 3.05) is 0 Å². The first-order valence-corrected chi connectivity index (χ1v) is 14.1. The molecule has 1 saturated carbocycles. The molecule has 2 fully saturated rings. The first-order chi connectivity index (χ1) is 15.4. The van der Waals surface area contributed by atoms with E-state index in [4.69, 9.17) is 9.16 Å². The van der Waals surface area contributed by atoms with Crippen molar-refractivity contribution >= 4 is 24.8 Å². The van der Waals surface area contributed by atoms with Gasteiger partial charge < -0.3 is 14.1 Å². The Hall–Kier alpha value is -2.11. The molecule has 178 valence electrons. The van der Waals surface area contributed by atoms with Gasteiger partial charge in [0.2, 0.25) is 0 Å². The van der Waals surface area contributed by atoms with E-state index in [0.717, 1.165) is 12.8 Å². The molecule has 0 N–H and O–H groups in total. The minimum atomic E-state index is -2.60. The van der Waals surface area contributed by atoms with E-state index in [1.54, 1.807) is 0 Å². The zero-order valence-electron chi connectivity index (χ0n) is 21.2. The Morgan fingerprint density at radius 2 is 1.39 bits per heavy atom. The number of likely N-dealkylation sites (tertiary alicyclic amines) is 1. The second-order valence-electron chi connectivity index (χ2n) is 11.7. The minimum Gasteiger partial charge on any atom is -0.444 e. The average molecular weight is 466 g/mol. The largest absolute Gasteiger partial charge is 0.444 e. The van der Waals surface area contributed by atoms with Crippen LogP contribution in [0.1, 0.15) is 61.3 Å². The van der Waals surface area contributed by atoms with Crippen molar-refractivity contribution < 1.29 is 14.0 Å². The Bertz CT molecular complexity index is 923. The summed E-state index contributed by atoms with van der Waals surface area (Å²) in [6.07, 6.45) is 1.81. The Labute approximate surface area is 200 Å². The predicted molar refractivity (Wildman–Crippen MR) is 137 cm³/mol. The number of carbonyl (C=O) groups is 1. The van der Waals surface area contributed by atoms with Gasteiger partial charge in [0.05, 0.1) is 6.10 Å². The Balaban J connectivity index is 1.68. The van der Waals surface area contributed by atoms with Gasteiger partial charge in [-0.2, -0.15) is 0 Å². The SMILES string of the molecule is C[C@H]1[C@H]2C[C@H](C[C@@H]2O[Si](c2ccccc2)(c2ccccc2)C(C)(C)C)N1C(=O)OC(C)(C)C. The van der Waals surface area contributed by atoms with E-state index in [0.29, 0.717) is 5.92 Å². The Kier molecular flexibility index (Phi) is 6.25. The number of benzene rings is 2. The van der Waals surface area contributed by atoms with Crippen LogP contribution in [0.2, 0.25) is 5.04 Å². The lowest BCUT2D eigenvalue weighted by Gasteiger charge is -2.47. The van der Waals surface area contributed by atoms with Crippen molar-refractivity contribution in [3.8, 4) is 0 Å². The number of piperidine rings is 1. The normalized spacial score (nSPS) is 25.4. The number of nitrogens with zero attached hydrogens (tertiary/aromatic N) is 1. The van der Waals surface area contributed by atoms with Gasteiger partial charge in [-0.05, 0) is 55.9 Å². The van der Waals surface area contributed by atoms with Crippen LogP contribution in [0, 0.1) is 5.92 Å². The number of amides is 1. The maximum atomic E-state index is 12.9. The lowest BCUT2D eigenvalue weighted by atomic mass is 9.98. The van der Waals surface area contributed by atoms with Crippen molar-refractivity contribution in [1.29, 1.82) is 0 Å². The van der Waals surface area contributed by atoms with Gasteiger partial charge in [0.15, 0.2) is 0 Å². The lowest BCUT2D eigenvalue weighted by molar-refractivity contribution is -0.00497. The highest BCUT2D eigenvalue weighted by Crippen LogP contribution is 2.47. The van der Waals surface area contributed by atoms with Crippen molar-refractivity contribution in [2.45, 2.75) is 90.1 Å². The van der Waals surface area contributed by atoms with Gasteiger partial charge in [0.25, 0.3) is 8.32 Å². The van der Waals surface area contributed by atoms with E-state index < -0.39 is 13.9 Å². The molecule has 1 aliphatic heterocycles. The van der Waals surface area contributed by atoms with E-state index in [9.17, 15) is 4.79 Å². The summed E-state index contributed by atoms with van der Waals surface area (Å²) in [5, 5.41) is 2.57. The number of hydrogen-bond donors (Lipinski definition) is 0. The molecule has 4 nitrogen and oxygen atoms in total. The van der Waals surface area contributed by atoms with Gasteiger partial charge >= 0.3 is 6.09 Å². The van der Waals surface area contributed by atoms with Crippen LogP contribution in [0.5, 0.6) is 0 Å². The molecule has 5 heteroatoms. The molecule has 4 rings (SSSR count). The molecule has 1 saturated heterocycles. The molecule has 0 spiro atoms. The second-order valence-corrected chi connectivity index (χ2v) is 16.0. The molecule has 2 bridgehead atoms. The molecule has 2 aromatic rings. The zero-order valence-corrected chi connectivity index (χ0v) is 22.2. The smallest absolute Gasteiger partial charge is 0.410 e. The van der Waals surface area contributed by atoms with Crippen LogP contribution in [0.25, 0.3) is 0 Å². The molecule has 2 aliphatic rings. The fourth-order valence-electron chi connectivity index (χ4n) is 5.96. The fraction of sp³-hybridized carbons (Fsp3) is 0.536. The molecule has 1 aliphatic carbocycles. The maximum Gasteiger partial charge on any atom is 0.410 e. The Morgan fingerprint density at radius 3 is 1.82 bits per heavy atom. The summed E-state index contributed by atoms with van der Waals surface area (Å²) >= 11 is 0. The van der Waals surface area contributed by atoms with Crippen LogP contribution < -0.4 is 10.4 Å². The summed E-state index contributed by atoms with van der Waals surface area (Å²) in [5.74, 6) is 0.323. The van der Waals surface area contributed by atoms with E-state index in [2.05, 4.69) is 88.4 Å².